The molecule has 0 atom stereocenters. The van der Waals surface area contributed by atoms with Gasteiger partial charge < -0.3 is 10.1 Å². The zero-order valence-corrected chi connectivity index (χ0v) is 19.6. The van der Waals surface area contributed by atoms with Crippen LogP contribution in [0.15, 0.2) is 78.2 Å². The van der Waals surface area contributed by atoms with Crippen molar-refractivity contribution >= 4 is 46.1 Å². The van der Waals surface area contributed by atoms with Crippen molar-refractivity contribution in [1.29, 1.82) is 0 Å². The highest BCUT2D eigenvalue weighted by molar-refractivity contribution is 7.10. The lowest BCUT2D eigenvalue weighted by atomic mass is 10.1. The van der Waals surface area contributed by atoms with E-state index in [1.165, 1.54) is 10.5 Å². The molecule has 1 aliphatic heterocycles. The molecule has 4 aromatic rings. The molecule has 0 radical (unpaired) electrons. The zero-order valence-electron chi connectivity index (χ0n) is 18.0. The molecule has 6 nitrogen and oxygen atoms in total. The van der Waals surface area contributed by atoms with Gasteiger partial charge in [0.25, 0.3) is 5.91 Å². The van der Waals surface area contributed by atoms with Crippen LogP contribution in [0.4, 0.5) is 11.4 Å². The van der Waals surface area contributed by atoms with Gasteiger partial charge in [-0.2, -0.15) is 0 Å². The van der Waals surface area contributed by atoms with Crippen LogP contribution in [-0.4, -0.2) is 29.9 Å². The Morgan fingerprint density at radius 3 is 2.68 bits per heavy atom. The summed E-state index contributed by atoms with van der Waals surface area (Å²) >= 11 is 7.50. The molecule has 0 bridgehead atoms. The Morgan fingerprint density at radius 1 is 1.09 bits per heavy atom. The molecule has 3 aromatic carbocycles. The number of amides is 2. The van der Waals surface area contributed by atoms with Crippen LogP contribution in [0.5, 0.6) is 5.75 Å². The summed E-state index contributed by atoms with van der Waals surface area (Å²) in [5, 5.41) is 6.39. The van der Waals surface area contributed by atoms with Crippen LogP contribution >= 0.6 is 22.9 Å². The molecule has 5 rings (SSSR count). The number of hydrogen-bond acceptors (Lipinski definition) is 5. The predicted octanol–water partition coefficient (Wildman–Crippen LogP) is 5.42. The number of fused-ring (bicyclic) bond motifs is 1. The van der Waals surface area contributed by atoms with Gasteiger partial charge in [0.15, 0.2) is 6.61 Å². The lowest BCUT2D eigenvalue weighted by Gasteiger charge is -2.29. The quantitative estimate of drug-likeness (QED) is 0.392. The van der Waals surface area contributed by atoms with Crippen LogP contribution in [0, 0.1) is 0 Å². The number of ether oxygens (including phenoxy) is 1. The maximum absolute atomic E-state index is 12.7. The Morgan fingerprint density at radius 2 is 1.88 bits per heavy atom. The fraction of sp³-hybridized carbons (Fsp3) is 0.115. The number of carbonyl (C=O) groups excluding carboxylic acids is 2. The average Bonchev–Trinajstić information content (AvgIpc) is 3.31. The van der Waals surface area contributed by atoms with Crippen LogP contribution in [0.25, 0.3) is 11.3 Å². The number of halogens is 1. The standard InChI is InChI=1S/C26H20ClN3O3S/c27-19-7-9-20(10-8-19)28-24(31)14-30-22-13-18(6-11-23(22)33-15-26(30)32)21-16-34-25(29-21)12-17-4-2-1-3-5-17/h1-11,13,16H,12,14-15H2,(H,28,31). The van der Waals surface area contributed by atoms with E-state index in [1.54, 1.807) is 35.6 Å². The van der Waals surface area contributed by atoms with Crippen molar-refractivity contribution in [1.82, 2.24) is 4.98 Å². The largest absolute Gasteiger partial charge is 0.482 e. The Kier molecular flexibility index (Phi) is 6.29. The first kappa shape index (κ1) is 22.1. The smallest absolute Gasteiger partial charge is 0.265 e. The Balaban J connectivity index is 1.36. The molecule has 170 valence electrons. The molecule has 2 heterocycles. The van der Waals surface area contributed by atoms with E-state index in [0.29, 0.717) is 22.1 Å². The fourth-order valence-electron chi connectivity index (χ4n) is 3.71. The highest BCUT2D eigenvalue weighted by Crippen LogP contribution is 2.36. The summed E-state index contributed by atoms with van der Waals surface area (Å²) in [5.41, 5.74) is 4.04. The van der Waals surface area contributed by atoms with Crippen molar-refractivity contribution in [2.45, 2.75) is 6.42 Å². The Bertz CT molecular complexity index is 1340. The molecule has 0 aliphatic carbocycles. The highest BCUT2D eigenvalue weighted by atomic mass is 35.5. The highest BCUT2D eigenvalue weighted by Gasteiger charge is 2.28. The topological polar surface area (TPSA) is 71.5 Å². The summed E-state index contributed by atoms with van der Waals surface area (Å²) in [6, 6.07) is 22.6. The summed E-state index contributed by atoms with van der Waals surface area (Å²) in [5.74, 6) is -0.0333. The first-order chi connectivity index (χ1) is 16.5. The van der Waals surface area contributed by atoms with E-state index in [2.05, 4.69) is 17.4 Å². The van der Waals surface area contributed by atoms with Crippen molar-refractivity contribution in [2.75, 3.05) is 23.4 Å². The molecule has 0 unspecified atom stereocenters. The summed E-state index contributed by atoms with van der Waals surface area (Å²) in [6.07, 6.45) is 0.759. The molecule has 0 saturated heterocycles. The Labute approximate surface area is 205 Å². The zero-order chi connectivity index (χ0) is 23.5. The van der Waals surface area contributed by atoms with Gasteiger partial charge in [0.05, 0.1) is 16.4 Å². The van der Waals surface area contributed by atoms with E-state index < -0.39 is 0 Å². The predicted molar refractivity (Wildman–Crippen MR) is 135 cm³/mol. The van der Waals surface area contributed by atoms with Gasteiger partial charge in [0.2, 0.25) is 5.91 Å². The minimum Gasteiger partial charge on any atom is -0.482 e. The second kappa shape index (κ2) is 9.67. The van der Waals surface area contributed by atoms with Crippen molar-refractivity contribution in [3.8, 4) is 17.0 Å². The fourth-order valence-corrected chi connectivity index (χ4v) is 4.67. The van der Waals surface area contributed by atoms with Crippen molar-refractivity contribution < 1.29 is 14.3 Å². The molecule has 0 saturated carbocycles. The van der Waals surface area contributed by atoms with E-state index >= 15 is 0 Å². The number of benzene rings is 3. The first-order valence-electron chi connectivity index (χ1n) is 10.7. The summed E-state index contributed by atoms with van der Waals surface area (Å²) in [6.45, 7) is -0.240. The molecule has 1 aromatic heterocycles. The van der Waals surface area contributed by atoms with Crippen LogP contribution in [0.1, 0.15) is 10.6 Å². The van der Waals surface area contributed by atoms with Gasteiger partial charge >= 0.3 is 0 Å². The number of carbonyl (C=O) groups is 2. The minimum atomic E-state index is -0.312. The molecule has 8 heteroatoms. The van der Waals surface area contributed by atoms with Crippen LogP contribution in [0.2, 0.25) is 5.02 Å². The second-order valence-electron chi connectivity index (χ2n) is 7.79. The molecular formula is C26H20ClN3O3S. The molecule has 1 N–H and O–H groups in total. The molecule has 1 aliphatic rings. The van der Waals surface area contributed by atoms with Crippen LogP contribution in [0.3, 0.4) is 0 Å². The lowest BCUT2D eigenvalue weighted by molar-refractivity contribution is -0.123. The van der Waals surface area contributed by atoms with E-state index in [9.17, 15) is 9.59 Å². The van der Waals surface area contributed by atoms with Crippen molar-refractivity contribution in [2.24, 2.45) is 0 Å². The van der Waals surface area contributed by atoms with Crippen molar-refractivity contribution in [3.63, 3.8) is 0 Å². The molecule has 0 spiro atoms. The number of nitrogens with zero attached hydrogens (tertiary/aromatic N) is 2. The van der Waals surface area contributed by atoms with Gasteiger partial charge in [0.1, 0.15) is 12.3 Å². The van der Waals surface area contributed by atoms with E-state index in [4.69, 9.17) is 21.3 Å². The van der Waals surface area contributed by atoms with Crippen LogP contribution < -0.4 is 15.0 Å². The maximum Gasteiger partial charge on any atom is 0.265 e. The van der Waals surface area contributed by atoms with Gasteiger partial charge in [-0.05, 0) is 48.0 Å². The number of anilines is 2. The van der Waals surface area contributed by atoms with Gasteiger partial charge in [0, 0.05) is 28.1 Å². The van der Waals surface area contributed by atoms with Gasteiger partial charge in [-0.25, -0.2) is 4.98 Å². The third-order valence-electron chi connectivity index (χ3n) is 5.38. The molecular weight excluding hydrogens is 470 g/mol. The normalized spacial score (nSPS) is 12.7. The summed E-state index contributed by atoms with van der Waals surface area (Å²) in [4.78, 5) is 31.5. The van der Waals surface area contributed by atoms with Gasteiger partial charge in [-0.3, -0.25) is 14.5 Å². The molecule has 2 amide bonds. The second-order valence-corrected chi connectivity index (χ2v) is 9.17. The van der Waals surface area contributed by atoms with Gasteiger partial charge in [-0.1, -0.05) is 41.9 Å². The summed E-state index contributed by atoms with van der Waals surface area (Å²) < 4.78 is 5.60. The number of hydrogen-bond donors (Lipinski definition) is 1. The van der Waals surface area contributed by atoms with Crippen LogP contribution in [-0.2, 0) is 16.0 Å². The van der Waals surface area contributed by atoms with E-state index in [0.717, 1.165) is 22.7 Å². The average molecular weight is 490 g/mol. The summed E-state index contributed by atoms with van der Waals surface area (Å²) in [7, 11) is 0. The number of aromatic nitrogens is 1. The minimum absolute atomic E-state index is 0.113. The monoisotopic (exact) mass is 489 g/mol. The number of rotatable bonds is 6. The number of nitrogens with one attached hydrogen (secondary N) is 1. The maximum atomic E-state index is 12.7. The molecule has 0 fully saturated rings. The van der Waals surface area contributed by atoms with Gasteiger partial charge in [-0.15, -0.1) is 11.3 Å². The molecule has 34 heavy (non-hydrogen) atoms. The van der Waals surface area contributed by atoms with Crippen molar-refractivity contribution in [3.05, 3.63) is 93.8 Å². The SMILES string of the molecule is O=C(CN1C(=O)COc2ccc(-c3csc(Cc4ccccc4)n3)cc21)Nc1ccc(Cl)cc1. The lowest BCUT2D eigenvalue weighted by Crippen LogP contribution is -2.43. The van der Waals surface area contributed by atoms with E-state index in [-0.39, 0.29) is 25.0 Å². The third kappa shape index (κ3) is 4.95. The third-order valence-corrected chi connectivity index (χ3v) is 6.48. The first-order valence-corrected chi connectivity index (χ1v) is 11.9. The number of thiazole rings is 1. The Hall–Kier alpha value is -3.68. The van der Waals surface area contributed by atoms with E-state index in [1.807, 2.05) is 41.8 Å².